The average Bonchev–Trinajstić information content (AvgIpc) is 3.15. The van der Waals surface area contributed by atoms with Crippen molar-refractivity contribution in [2.75, 3.05) is 37.3 Å². The number of thiazole rings is 1. The summed E-state index contributed by atoms with van der Waals surface area (Å²) in [6.07, 6.45) is 2.03. The SMILES string of the molecule is CCN(CC)CCN(C(=O)c1cccc(SC)c1)c1nc2cc(C)cc(C)c2s1.Cl. The summed E-state index contributed by atoms with van der Waals surface area (Å²) in [4.78, 5) is 23.6. The predicted molar refractivity (Wildman–Crippen MR) is 134 cm³/mol. The highest BCUT2D eigenvalue weighted by molar-refractivity contribution is 7.98. The van der Waals surface area contributed by atoms with Gasteiger partial charge in [-0.05, 0) is 68.6 Å². The van der Waals surface area contributed by atoms with Crippen molar-refractivity contribution in [2.45, 2.75) is 32.6 Å². The Hall–Kier alpha value is -1.60. The summed E-state index contributed by atoms with van der Waals surface area (Å²) in [6, 6.07) is 12.1. The van der Waals surface area contributed by atoms with Crippen molar-refractivity contribution in [3.05, 3.63) is 53.1 Å². The minimum Gasteiger partial charge on any atom is -0.302 e. The lowest BCUT2D eigenvalue weighted by Crippen LogP contribution is -2.38. The zero-order valence-electron chi connectivity index (χ0n) is 18.3. The van der Waals surface area contributed by atoms with Crippen molar-refractivity contribution in [1.82, 2.24) is 9.88 Å². The van der Waals surface area contributed by atoms with Crippen LogP contribution in [-0.2, 0) is 0 Å². The van der Waals surface area contributed by atoms with Crippen LogP contribution >= 0.6 is 35.5 Å². The molecule has 30 heavy (non-hydrogen) atoms. The van der Waals surface area contributed by atoms with Gasteiger partial charge in [-0.15, -0.1) is 24.2 Å². The maximum Gasteiger partial charge on any atom is 0.260 e. The maximum atomic E-state index is 13.5. The van der Waals surface area contributed by atoms with Crippen molar-refractivity contribution in [2.24, 2.45) is 0 Å². The number of hydrogen-bond donors (Lipinski definition) is 0. The maximum absolute atomic E-state index is 13.5. The third kappa shape index (κ3) is 5.55. The highest BCUT2D eigenvalue weighted by Crippen LogP contribution is 2.33. The van der Waals surface area contributed by atoms with Gasteiger partial charge < -0.3 is 4.90 Å². The smallest absolute Gasteiger partial charge is 0.260 e. The van der Waals surface area contributed by atoms with Gasteiger partial charge in [-0.1, -0.05) is 37.3 Å². The number of amides is 1. The van der Waals surface area contributed by atoms with E-state index in [0.717, 1.165) is 39.9 Å². The van der Waals surface area contributed by atoms with Crippen LogP contribution in [0.2, 0.25) is 0 Å². The van der Waals surface area contributed by atoms with Gasteiger partial charge in [0.2, 0.25) is 0 Å². The molecule has 1 amide bonds. The van der Waals surface area contributed by atoms with Crippen molar-refractivity contribution < 1.29 is 4.79 Å². The average molecular weight is 464 g/mol. The monoisotopic (exact) mass is 463 g/mol. The van der Waals surface area contributed by atoms with E-state index in [-0.39, 0.29) is 18.3 Å². The zero-order chi connectivity index (χ0) is 21.0. The summed E-state index contributed by atoms with van der Waals surface area (Å²) in [5.74, 6) is 0.0153. The second kappa shape index (κ2) is 11.1. The van der Waals surface area contributed by atoms with E-state index in [2.05, 4.69) is 44.7 Å². The molecule has 1 aromatic heterocycles. The molecule has 0 N–H and O–H groups in total. The number of hydrogen-bond acceptors (Lipinski definition) is 5. The Morgan fingerprint density at radius 3 is 2.50 bits per heavy atom. The molecule has 2 aromatic carbocycles. The second-order valence-electron chi connectivity index (χ2n) is 7.14. The number of rotatable bonds is 8. The van der Waals surface area contributed by atoms with Crippen LogP contribution in [0.4, 0.5) is 5.13 Å². The van der Waals surface area contributed by atoms with Crippen molar-refractivity contribution in [1.29, 1.82) is 0 Å². The van der Waals surface area contributed by atoms with Crippen LogP contribution in [0.15, 0.2) is 41.3 Å². The molecule has 3 rings (SSSR count). The first-order valence-electron chi connectivity index (χ1n) is 10.0. The zero-order valence-corrected chi connectivity index (χ0v) is 20.7. The van der Waals surface area contributed by atoms with E-state index >= 15 is 0 Å². The van der Waals surface area contributed by atoms with E-state index < -0.39 is 0 Å². The molecule has 0 bridgehead atoms. The minimum atomic E-state index is 0. The minimum absolute atomic E-state index is 0. The highest BCUT2D eigenvalue weighted by Gasteiger charge is 2.22. The first-order valence-corrected chi connectivity index (χ1v) is 12.1. The van der Waals surface area contributed by atoms with Crippen LogP contribution < -0.4 is 4.90 Å². The molecule has 0 saturated carbocycles. The molecule has 0 atom stereocenters. The number of carbonyl (C=O) groups excluding carboxylic acids is 1. The van der Waals surface area contributed by atoms with Gasteiger partial charge >= 0.3 is 0 Å². The normalized spacial score (nSPS) is 11.0. The molecule has 0 aliphatic carbocycles. The number of halogens is 1. The largest absolute Gasteiger partial charge is 0.302 e. The molecule has 0 saturated heterocycles. The number of thioether (sulfide) groups is 1. The van der Waals surface area contributed by atoms with Crippen LogP contribution in [0.3, 0.4) is 0 Å². The molecule has 0 unspecified atom stereocenters. The third-order valence-corrected chi connectivity index (χ3v) is 7.09. The fraction of sp³-hybridized carbons (Fsp3) is 0.391. The van der Waals surface area contributed by atoms with Crippen molar-refractivity contribution in [3.63, 3.8) is 0 Å². The molecule has 0 spiro atoms. The van der Waals surface area contributed by atoms with Gasteiger partial charge in [-0.3, -0.25) is 9.69 Å². The van der Waals surface area contributed by atoms with Crippen molar-refractivity contribution >= 4 is 56.8 Å². The third-order valence-electron chi connectivity index (χ3n) is 5.14. The molecule has 0 aliphatic rings. The van der Waals surface area contributed by atoms with Gasteiger partial charge in [-0.25, -0.2) is 4.98 Å². The van der Waals surface area contributed by atoms with Gasteiger partial charge in [0.15, 0.2) is 5.13 Å². The van der Waals surface area contributed by atoms with E-state index in [0.29, 0.717) is 12.1 Å². The number of fused-ring (bicyclic) bond motifs is 1. The first-order chi connectivity index (χ1) is 14.0. The highest BCUT2D eigenvalue weighted by atomic mass is 35.5. The number of likely N-dealkylation sites (N-methyl/N-ethyl adjacent to an activating group) is 1. The standard InChI is InChI=1S/C23H29N3OS2.ClH/c1-6-25(7-2)11-12-26(22(27)18-9-8-10-19(15-18)28-5)23-24-20-14-16(3)13-17(4)21(20)29-23;/h8-10,13-15H,6-7,11-12H2,1-5H3;1H. The summed E-state index contributed by atoms with van der Waals surface area (Å²) in [5, 5.41) is 0.778. The predicted octanol–water partition coefficient (Wildman–Crippen LogP) is 6.05. The van der Waals surface area contributed by atoms with Crippen LogP contribution in [0.25, 0.3) is 10.2 Å². The Labute approximate surface area is 194 Å². The van der Waals surface area contributed by atoms with E-state index in [4.69, 9.17) is 4.98 Å². The number of aromatic nitrogens is 1. The Kier molecular flexibility index (Phi) is 9.16. The van der Waals surface area contributed by atoms with E-state index in [9.17, 15) is 4.79 Å². The molecule has 1 heterocycles. The molecular formula is C23H30ClN3OS2. The second-order valence-corrected chi connectivity index (χ2v) is 9.00. The van der Waals surface area contributed by atoms with Gasteiger partial charge in [0, 0.05) is 23.5 Å². The quantitative estimate of drug-likeness (QED) is 0.381. The molecular weight excluding hydrogens is 434 g/mol. The van der Waals surface area contributed by atoms with E-state index in [1.165, 1.54) is 11.1 Å². The fourth-order valence-electron chi connectivity index (χ4n) is 3.46. The Morgan fingerprint density at radius 1 is 1.10 bits per heavy atom. The summed E-state index contributed by atoms with van der Waals surface area (Å²) in [6.45, 7) is 11.9. The van der Waals surface area contributed by atoms with Gasteiger partial charge in [0.05, 0.1) is 10.2 Å². The van der Waals surface area contributed by atoms with Gasteiger partial charge in [0.1, 0.15) is 0 Å². The topological polar surface area (TPSA) is 36.4 Å². The van der Waals surface area contributed by atoms with Crippen LogP contribution in [0.5, 0.6) is 0 Å². The number of nitrogens with zero attached hydrogens (tertiary/aromatic N) is 3. The molecule has 0 radical (unpaired) electrons. The summed E-state index contributed by atoms with van der Waals surface area (Å²) < 4.78 is 1.16. The lowest BCUT2D eigenvalue weighted by Gasteiger charge is -2.25. The van der Waals surface area contributed by atoms with Gasteiger partial charge in [-0.2, -0.15) is 0 Å². The van der Waals surface area contributed by atoms with E-state index in [1.807, 2.05) is 35.4 Å². The Bertz CT molecular complexity index is 1000. The number of anilines is 1. The Balaban J connectivity index is 0.00000320. The van der Waals surface area contributed by atoms with Crippen LogP contribution in [0, 0.1) is 13.8 Å². The molecule has 3 aromatic rings. The first kappa shape index (κ1) is 24.7. The molecule has 162 valence electrons. The summed E-state index contributed by atoms with van der Waals surface area (Å²) >= 11 is 3.26. The number of benzene rings is 2. The van der Waals surface area contributed by atoms with Crippen LogP contribution in [-0.4, -0.2) is 48.2 Å². The molecule has 4 nitrogen and oxygen atoms in total. The Morgan fingerprint density at radius 2 is 1.83 bits per heavy atom. The summed E-state index contributed by atoms with van der Waals surface area (Å²) in [5.41, 5.74) is 4.09. The summed E-state index contributed by atoms with van der Waals surface area (Å²) in [7, 11) is 0. The fourth-order valence-corrected chi connectivity index (χ4v) is 4.96. The lowest BCUT2D eigenvalue weighted by molar-refractivity contribution is 0.0983. The van der Waals surface area contributed by atoms with E-state index in [1.54, 1.807) is 23.1 Å². The number of carbonyl (C=O) groups is 1. The molecule has 0 aliphatic heterocycles. The van der Waals surface area contributed by atoms with Crippen LogP contribution in [0.1, 0.15) is 35.3 Å². The molecule has 7 heteroatoms. The van der Waals surface area contributed by atoms with Crippen molar-refractivity contribution in [3.8, 4) is 0 Å². The molecule has 0 fully saturated rings. The van der Waals surface area contributed by atoms with Gasteiger partial charge in [0.25, 0.3) is 5.91 Å². The lowest BCUT2D eigenvalue weighted by atomic mass is 10.1. The number of aryl methyl sites for hydroxylation is 2.